The second kappa shape index (κ2) is 7.78. The predicted octanol–water partition coefficient (Wildman–Crippen LogP) is 3.29. The number of methoxy groups -OCH3 is 1. The molecule has 1 heterocycles. The molecule has 0 saturated carbocycles. The Hall–Kier alpha value is -1.88. The fourth-order valence-electron chi connectivity index (χ4n) is 1.99. The lowest BCUT2D eigenvalue weighted by molar-refractivity contribution is -0.139. The van der Waals surface area contributed by atoms with Gasteiger partial charge in [0.05, 0.1) is 19.2 Å². The highest BCUT2D eigenvalue weighted by molar-refractivity contribution is 7.13. The molecule has 2 aromatic rings. The van der Waals surface area contributed by atoms with Crippen molar-refractivity contribution in [2.75, 3.05) is 12.4 Å². The summed E-state index contributed by atoms with van der Waals surface area (Å²) in [5.41, 5.74) is 2.10. The molecular formula is C16H20N2O2S. The van der Waals surface area contributed by atoms with Crippen LogP contribution in [0, 0.1) is 0 Å². The van der Waals surface area contributed by atoms with E-state index in [1.165, 1.54) is 24.0 Å². The zero-order valence-corrected chi connectivity index (χ0v) is 13.2. The van der Waals surface area contributed by atoms with Gasteiger partial charge in [0.1, 0.15) is 0 Å². The van der Waals surface area contributed by atoms with E-state index >= 15 is 0 Å². The fraction of sp³-hybridized carbons (Fsp3) is 0.375. The van der Waals surface area contributed by atoms with Crippen LogP contribution in [0.4, 0.5) is 5.13 Å². The topological polar surface area (TPSA) is 51.2 Å². The van der Waals surface area contributed by atoms with Gasteiger partial charge in [0.15, 0.2) is 5.13 Å². The van der Waals surface area contributed by atoms with E-state index in [0.717, 1.165) is 23.7 Å². The Balaban J connectivity index is 1.80. The van der Waals surface area contributed by atoms with Crippen LogP contribution in [0.5, 0.6) is 0 Å². The highest BCUT2D eigenvalue weighted by atomic mass is 32.1. The third kappa shape index (κ3) is 5.19. The third-order valence-electron chi connectivity index (χ3n) is 3.18. The number of nitrogens with zero attached hydrogens (tertiary/aromatic N) is 1. The number of hydrogen-bond donors (Lipinski definition) is 1. The largest absolute Gasteiger partial charge is 0.469 e. The predicted molar refractivity (Wildman–Crippen MR) is 85.7 cm³/mol. The summed E-state index contributed by atoms with van der Waals surface area (Å²) < 4.78 is 4.64. The van der Waals surface area contributed by atoms with E-state index in [0.29, 0.717) is 6.04 Å². The summed E-state index contributed by atoms with van der Waals surface area (Å²) in [4.78, 5) is 15.6. The Morgan fingerprint density at radius 3 is 2.86 bits per heavy atom. The SMILES string of the molecule is COC(=O)Cc1csc(NC(C)CCc2ccccc2)n1. The highest BCUT2D eigenvalue weighted by Gasteiger charge is 2.09. The minimum atomic E-state index is -0.260. The molecule has 0 radical (unpaired) electrons. The van der Waals surface area contributed by atoms with Crippen LogP contribution in [0.2, 0.25) is 0 Å². The molecule has 0 amide bonds. The van der Waals surface area contributed by atoms with Crippen molar-refractivity contribution in [3.05, 3.63) is 47.0 Å². The first-order chi connectivity index (χ1) is 10.2. The average molecular weight is 304 g/mol. The van der Waals surface area contributed by atoms with Crippen LogP contribution in [0.3, 0.4) is 0 Å². The summed E-state index contributed by atoms with van der Waals surface area (Å²) in [5.74, 6) is -0.260. The number of rotatable bonds is 7. The summed E-state index contributed by atoms with van der Waals surface area (Å²) in [7, 11) is 1.39. The van der Waals surface area contributed by atoms with Gasteiger partial charge in [0.25, 0.3) is 0 Å². The molecule has 0 aliphatic carbocycles. The number of carbonyl (C=O) groups is 1. The number of carbonyl (C=O) groups excluding carboxylic acids is 1. The van der Waals surface area contributed by atoms with E-state index in [1.807, 2.05) is 11.4 Å². The summed E-state index contributed by atoms with van der Waals surface area (Å²) in [6, 6.07) is 10.8. The Kier molecular flexibility index (Phi) is 5.75. The lowest BCUT2D eigenvalue weighted by atomic mass is 10.1. The number of thiazole rings is 1. The smallest absolute Gasteiger partial charge is 0.311 e. The normalized spacial score (nSPS) is 11.9. The molecule has 0 spiro atoms. The molecule has 21 heavy (non-hydrogen) atoms. The molecule has 2 rings (SSSR count). The summed E-state index contributed by atoms with van der Waals surface area (Å²) in [5, 5.41) is 6.13. The molecule has 0 saturated heterocycles. The number of hydrogen-bond acceptors (Lipinski definition) is 5. The molecular weight excluding hydrogens is 284 g/mol. The second-order valence-corrected chi connectivity index (χ2v) is 5.82. The van der Waals surface area contributed by atoms with Crippen molar-refractivity contribution in [2.45, 2.75) is 32.2 Å². The molecule has 0 fully saturated rings. The van der Waals surface area contributed by atoms with Gasteiger partial charge < -0.3 is 10.1 Å². The maximum absolute atomic E-state index is 11.2. The number of anilines is 1. The van der Waals surface area contributed by atoms with Gasteiger partial charge >= 0.3 is 5.97 Å². The zero-order valence-electron chi connectivity index (χ0n) is 12.3. The Bertz CT molecular complexity index is 569. The van der Waals surface area contributed by atoms with E-state index in [4.69, 9.17) is 0 Å². The van der Waals surface area contributed by atoms with Gasteiger partial charge in [-0.1, -0.05) is 30.3 Å². The van der Waals surface area contributed by atoms with Gasteiger partial charge in [-0.2, -0.15) is 0 Å². The molecule has 1 atom stereocenters. The van der Waals surface area contributed by atoms with Crippen molar-refractivity contribution < 1.29 is 9.53 Å². The van der Waals surface area contributed by atoms with E-state index in [-0.39, 0.29) is 12.4 Å². The molecule has 1 N–H and O–H groups in total. The van der Waals surface area contributed by atoms with Crippen molar-refractivity contribution in [3.8, 4) is 0 Å². The molecule has 0 aliphatic rings. The molecule has 0 aliphatic heterocycles. The number of benzene rings is 1. The Labute approximate surface area is 129 Å². The average Bonchev–Trinajstić information content (AvgIpc) is 2.93. The molecule has 5 heteroatoms. The molecule has 1 unspecified atom stereocenters. The molecule has 112 valence electrons. The molecule has 4 nitrogen and oxygen atoms in total. The van der Waals surface area contributed by atoms with Gasteiger partial charge in [-0.05, 0) is 25.3 Å². The van der Waals surface area contributed by atoms with Crippen molar-refractivity contribution in [1.29, 1.82) is 0 Å². The Morgan fingerprint density at radius 1 is 1.38 bits per heavy atom. The quantitative estimate of drug-likeness (QED) is 0.798. The van der Waals surface area contributed by atoms with Crippen LogP contribution in [0.1, 0.15) is 24.6 Å². The summed E-state index contributed by atoms with van der Waals surface area (Å²) in [6.07, 6.45) is 2.30. The van der Waals surface area contributed by atoms with E-state index in [2.05, 4.69) is 46.2 Å². The van der Waals surface area contributed by atoms with Crippen molar-refractivity contribution in [3.63, 3.8) is 0 Å². The molecule has 1 aromatic heterocycles. The number of esters is 1. The summed E-state index contributed by atoms with van der Waals surface area (Å²) >= 11 is 1.52. The van der Waals surface area contributed by atoms with Crippen LogP contribution in [-0.2, 0) is 22.4 Å². The monoisotopic (exact) mass is 304 g/mol. The van der Waals surface area contributed by atoms with E-state index in [1.54, 1.807) is 0 Å². The van der Waals surface area contributed by atoms with Crippen LogP contribution >= 0.6 is 11.3 Å². The number of nitrogens with one attached hydrogen (secondary N) is 1. The maximum Gasteiger partial charge on any atom is 0.311 e. The maximum atomic E-state index is 11.2. The minimum absolute atomic E-state index is 0.229. The van der Waals surface area contributed by atoms with Crippen molar-refractivity contribution in [2.24, 2.45) is 0 Å². The van der Waals surface area contributed by atoms with Crippen LogP contribution in [-0.4, -0.2) is 24.1 Å². The van der Waals surface area contributed by atoms with Crippen LogP contribution in [0.15, 0.2) is 35.7 Å². The first-order valence-electron chi connectivity index (χ1n) is 6.99. The van der Waals surface area contributed by atoms with Gasteiger partial charge in [-0.15, -0.1) is 11.3 Å². The Morgan fingerprint density at radius 2 is 2.14 bits per heavy atom. The van der Waals surface area contributed by atoms with Gasteiger partial charge in [-0.3, -0.25) is 4.79 Å². The molecule has 1 aromatic carbocycles. The summed E-state index contributed by atoms with van der Waals surface area (Å²) in [6.45, 7) is 2.14. The molecule has 0 bridgehead atoms. The van der Waals surface area contributed by atoms with Crippen LogP contribution in [0.25, 0.3) is 0 Å². The van der Waals surface area contributed by atoms with E-state index in [9.17, 15) is 4.79 Å². The third-order valence-corrected chi connectivity index (χ3v) is 4.01. The standard InChI is InChI=1S/C16H20N2O2S/c1-12(8-9-13-6-4-3-5-7-13)17-16-18-14(11-21-16)10-15(19)20-2/h3-7,11-12H,8-10H2,1-2H3,(H,17,18). The zero-order chi connectivity index (χ0) is 15.1. The lowest BCUT2D eigenvalue weighted by Crippen LogP contribution is -2.16. The lowest BCUT2D eigenvalue weighted by Gasteiger charge is -2.12. The highest BCUT2D eigenvalue weighted by Crippen LogP contribution is 2.18. The first-order valence-corrected chi connectivity index (χ1v) is 7.87. The number of aromatic nitrogens is 1. The second-order valence-electron chi connectivity index (χ2n) is 4.97. The van der Waals surface area contributed by atoms with Gasteiger partial charge in [0.2, 0.25) is 0 Å². The minimum Gasteiger partial charge on any atom is -0.469 e. The fourth-order valence-corrected chi connectivity index (χ4v) is 2.81. The van der Waals surface area contributed by atoms with Crippen molar-refractivity contribution >= 4 is 22.4 Å². The number of ether oxygens (including phenoxy) is 1. The van der Waals surface area contributed by atoms with Gasteiger partial charge in [0, 0.05) is 11.4 Å². The van der Waals surface area contributed by atoms with Gasteiger partial charge in [-0.25, -0.2) is 4.98 Å². The van der Waals surface area contributed by atoms with Crippen LogP contribution < -0.4 is 5.32 Å². The first kappa shape index (κ1) is 15.5. The van der Waals surface area contributed by atoms with E-state index < -0.39 is 0 Å². The van der Waals surface area contributed by atoms with Crippen molar-refractivity contribution in [1.82, 2.24) is 4.98 Å². The number of aryl methyl sites for hydroxylation is 1.